The number of rotatable bonds is 6. The number of piperidine rings is 1. The zero-order valence-corrected chi connectivity index (χ0v) is 16.6. The van der Waals surface area contributed by atoms with Gasteiger partial charge in [0.05, 0.1) is 6.04 Å². The first-order valence-corrected chi connectivity index (χ1v) is 9.46. The third-order valence-corrected chi connectivity index (χ3v) is 5.09. The molecule has 146 valence electrons. The van der Waals surface area contributed by atoms with E-state index in [9.17, 15) is 4.79 Å². The van der Waals surface area contributed by atoms with E-state index in [-0.39, 0.29) is 24.4 Å². The van der Waals surface area contributed by atoms with E-state index >= 15 is 4.39 Å². The molecule has 3 nitrogen and oxygen atoms in total. The van der Waals surface area contributed by atoms with Crippen LogP contribution < -0.4 is 4.90 Å². The van der Waals surface area contributed by atoms with Crippen LogP contribution in [0, 0.1) is 0 Å². The summed E-state index contributed by atoms with van der Waals surface area (Å²) in [4.78, 5) is 16.3. The van der Waals surface area contributed by atoms with Crippen LogP contribution in [0.25, 0.3) is 0 Å². The molecule has 1 saturated heterocycles. The molecule has 1 aliphatic heterocycles. The van der Waals surface area contributed by atoms with Crippen molar-refractivity contribution in [2.75, 3.05) is 24.5 Å². The highest BCUT2D eigenvalue weighted by molar-refractivity contribution is 5.93. The number of carbonyl (C=O) groups is 1. The van der Waals surface area contributed by atoms with Crippen molar-refractivity contribution < 1.29 is 9.18 Å². The topological polar surface area (TPSA) is 23.6 Å². The monoisotopic (exact) mass is 390 g/mol. The minimum atomic E-state index is -1.03. The Bertz CT molecular complexity index is 698. The third-order valence-electron chi connectivity index (χ3n) is 5.09. The van der Waals surface area contributed by atoms with Crippen LogP contribution in [0.4, 0.5) is 10.1 Å². The van der Waals surface area contributed by atoms with Gasteiger partial charge in [-0.1, -0.05) is 55.5 Å². The van der Waals surface area contributed by atoms with Crippen LogP contribution in [-0.2, 0) is 11.2 Å². The van der Waals surface area contributed by atoms with Crippen LogP contribution in [0.15, 0.2) is 60.7 Å². The average Bonchev–Trinajstić information content (AvgIpc) is 2.69. The van der Waals surface area contributed by atoms with Crippen molar-refractivity contribution >= 4 is 24.0 Å². The molecule has 0 aliphatic carbocycles. The average molecular weight is 391 g/mol. The summed E-state index contributed by atoms with van der Waals surface area (Å²) in [5, 5.41) is 0. The maximum Gasteiger partial charge on any atom is 0.227 e. The number of para-hydroxylation sites is 1. The van der Waals surface area contributed by atoms with E-state index in [4.69, 9.17) is 0 Å². The molecule has 0 aromatic heterocycles. The van der Waals surface area contributed by atoms with E-state index in [0.29, 0.717) is 19.4 Å². The standard InChI is InChI=1S/C22H27FN2O.ClH/c1-2-22(26)25(19-11-7-4-8-12-19)21-14-16-24(17-20(21)23)15-13-18-9-5-3-6-10-18;/h3-12,20-21H,2,13-17H2,1H3;1H/t20-,21+;/m1./s1. The Labute approximate surface area is 167 Å². The Kier molecular flexibility index (Phi) is 8.26. The van der Waals surface area contributed by atoms with Crippen molar-refractivity contribution in [3.8, 4) is 0 Å². The normalized spacial score (nSPS) is 19.9. The summed E-state index contributed by atoms with van der Waals surface area (Å²) >= 11 is 0. The van der Waals surface area contributed by atoms with Gasteiger partial charge in [0.25, 0.3) is 0 Å². The molecule has 1 aliphatic rings. The lowest BCUT2D eigenvalue weighted by molar-refractivity contribution is -0.119. The van der Waals surface area contributed by atoms with Crippen molar-refractivity contribution in [1.29, 1.82) is 0 Å². The second-order valence-electron chi connectivity index (χ2n) is 6.86. The summed E-state index contributed by atoms with van der Waals surface area (Å²) in [5.41, 5.74) is 2.07. The molecule has 0 spiro atoms. The first-order valence-electron chi connectivity index (χ1n) is 9.46. The van der Waals surface area contributed by atoms with Crippen LogP contribution in [0.3, 0.4) is 0 Å². The zero-order chi connectivity index (χ0) is 18.4. The molecular weight excluding hydrogens is 363 g/mol. The summed E-state index contributed by atoms with van der Waals surface area (Å²) in [6, 6.07) is 19.4. The first-order chi connectivity index (χ1) is 12.7. The number of hydrogen-bond donors (Lipinski definition) is 0. The Balaban J connectivity index is 0.00000261. The predicted molar refractivity (Wildman–Crippen MR) is 111 cm³/mol. The first kappa shape index (κ1) is 21.4. The maximum atomic E-state index is 15.0. The van der Waals surface area contributed by atoms with Crippen molar-refractivity contribution in [3.63, 3.8) is 0 Å². The molecule has 2 atom stereocenters. The van der Waals surface area contributed by atoms with Crippen LogP contribution in [0.2, 0.25) is 0 Å². The molecule has 1 amide bonds. The largest absolute Gasteiger partial charge is 0.306 e. The lowest BCUT2D eigenvalue weighted by atomic mass is 9.99. The predicted octanol–water partition coefficient (Wildman–Crippen LogP) is 4.51. The number of benzene rings is 2. The lowest BCUT2D eigenvalue weighted by Gasteiger charge is -2.40. The van der Waals surface area contributed by atoms with Crippen molar-refractivity contribution in [1.82, 2.24) is 4.90 Å². The Hall–Kier alpha value is -1.91. The second-order valence-corrected chi connectivity index (χ2v) is 6.86. The van der Waals surface area contributed by atoms with E-state index in [1.165, 1.54) is 5.56 Å². The summed E-state index contributed by atoms with van der Waals surface area (Å²) in [5.74, 6) is -0.0124. The van der Waals surface area contributed by atoms with Crippen LogP contribution in [-0.4, -0.2) is 42.7 Å². The number of hydrogen-bond acceptors (Lipinski definition) is 2. The van der Waals surface area contributed by atoms with Gasteiger partial charge in [0.1, 0.15) is 6.17 Å². The fraction of sp³-hybridized carbons (Fsp3) is 0.409. The summed E-state index contributed by atoms with van der Waals surface area (Å²) in [6.07, 6.45) is 0.941. The molecule has 1 heterocycles. The summed E-state index contributed by atoms with van der Waals surface area (Å²) < 4.78 is 15.0. The molecule has 2 aromatic rings. The van der Waals surface area contributed by atoms with E-state index in [1.54, 1.807) is 4.90 Å². The molecule has 1 fully saturated rings. The fourth-order valence-corrected chi connectivity index (χ4v) is 3.66. The Morgan fingerprint density at radius 1 is 1.11 bits per heavy atom. The molecule has 0 unspecified atom stereocenters. The van der Waals surface area contributed by atoms with Crippen LogP contribution in [0.5, 0.6) is 0 Å². The molecule has 0 saturated carbocycles. The summed E-state index contributed by atoms with van der Waals surface area (Å²) in [6.45, 7) is 3.89. The van der Waals surface area contributed by atoms with Gasteiger partial charge in [0.15, 0.2) is 0 Å². The second kappa shape index (κ2) is 10.4. The maximum absolute atomic E-state index is 15.0. The quantitative estimate of drug-likeness (QED) is 0.724. The fourth-order valence-electron chi connectivity index (χ4n) is 3.66. The smallest absolute Gasteiger partial charge is 0.227 e. The number of amides is 1. The highest BCUT2D eigenvalue weighted by atomic mass is 35.5. The Morgan fingerprint density at radius 3 is 2.33 bits per heavy atom. The molecule has 2 aromatic carbocycles. The van der Waals surface area contributed by atoms with E-state index < -0.39 is 6.17 Å². The SMILES string of the molecule is CCC(=O)N(c1ccccc1)[C@H]1CCN(CCc2ccccc2)C[C@H]1F.Cl. The van der Waals surface area contributed by atoms with E-state index in [2.05, 4.69) is 17.0 Å². The van der Waals surface area contributed by atoms with Crippen molar-refractivity contribution in [2.24, 2.45) is 0 Å². The van der Waals surface area contributed by atoms with Gasteiger partial charge in [-0.3, -0.25) is 9.69 Å². The number of anilines is 1. The van der Waals surface area contributed by atoms with E-state index in [1.807, 2.05) is 55.5 Å². The number of halogens is 2. The highest BCUT2D eigenvalue weighted by Crippen LogP contribution is 2.26. The highest BCUT2D eigenvalue weighted by Gasteiger charge is 2.35. The number of likely N-dealkylation sites (tertiary alicyclic amines) is 1. The number of alkyl halides is 1. The van der Waals surface area contributed by atoms with Crippen LogP contribution >= 0.6 is 12.4 Å². The lowest BCUT2D eigenvalue weighted by Crippen LogP contribution is -2.54. The molecule has 0 radical (unpaired) electrons. The van der Waals surface area contributed by atoms with Gasteiger partial charge in [0.2, 0.25) is 5.91 Å². The van der Waals surface area contributed by atoms with Gasteiger partial charge < -0.3 is 4.90 Å². The van der Waals surface area contributed by atoms with E-state index in [0.717, 1.165) is 25.2 Å². The molecule has 27 heavy (non-hydrogen) atoms. The van der Waals surface area contributed by atoms with Gasteiger partial charge in [-0.15, -0.1) is 12.4 Å². The Morgan fingerprint density at radius 2 is 1.74 bits per heavy atom. The van der Waals surface area contributed by atoms with Gasteiger partial charge in [-0.05, 0) is 30.5 Å². The summed E-state index contributed by atoms with van der Waals surface area (Å²) in [7, 11) is 0. The molecular formula is C22H28ClFN2O. The van der Waals surface area contributed by atoms with Gasteiger partial charge >= 0.3 is 0 Å². The third kappa shape index (κ3) is 5.53. The van der Waals surface area contributed by atoms with Crippen molar-refractivity contribution in [3.05, 3.63) is 66.2 Å². The van der Waals surface area contributed by atoms with Crippen LogP contribution in [0.1, 0.15) is 25.3 Å². The van der Waals surface area contributed by atoms with Gasteiger partial charge in [-0.25, -0.2) is 4.39 Å². The minimum Gasteiger partial charge on any atom is -0.306 e. The zero-order valence-electron chi connectivity index (χ0n) is 15.8. The molecule has 0 N–H and O–H groups in total. The van der Waals surface area contributed by atoms with Gasteiger partial charge in [-0.2, -0.15) is 0 Å². The number of carbonyl (C=O) groups excluding carboxylic acids is 1. The minimum absolute atomic E-state index is 0. The van der Waals surface area contributed by atoms with Gasteiger partial charge in [0, 0.05) is 31.7 Å². The molecule has 0 bridgehead atoms. The van der Waals surface area contributed by atoms with Crippen molar-refractivity contribution in [2.45, 2.75) is 38.4 Å². The molecule has 5 heteroatoms. The molecule has 3 rings (SSSR count). The number of nitrogens with zero attached hydrogens (tertiary/aromatic N) is 2.